The highest BCUT2D eigenvalue weighted by Crippen LogP contribution is 2.40. The predicted octanol–water partition coefficient (Wildman–Crippen LogP) is 1.48. The average molecular weight is 418 g/mol. The van der Waals surface area contributed by atoms with Crippen LogP contribution in [0.4, 0.5) is 0 Å². The Morgan fingerprint density at radius 2 is 1.79 bits per heavy atom. The normalized spacial score (nSPS) is 17.4. The van der Waals surface area contributed by atoms with Crippen LogP contribution in [0.3, 0.4) is 0 Å². The lowest BCUT2D eigenvalue weighted by Crippen LogP contribution is -2.45. The van der Waals surface area contributed by atoms with Gasteiger partial charge in [0.25, 0.3) is 15.6 Å². The van der Waals surface area contributed by atoms with Gasteiger partial charge < -0.3 is 4.57 Å². The van der Waals surface area contributed by atoms with Crippen molar-refractivity contribution in [2.24, 2.45) is 14.1 Å². The first-order valence-electron chi connectivity index (χ1n) is 8.72. The fraction of sp³-hybridized carbons (Fsp3) is 0.263. The second-order valence-corrected chi connectivity index (χ2v) is 9.59. The average Bonchev–Trinajstić information content (AvgIpc) is 3.17. The van der Waals surface area contributed by atoms with Crippen LogP contribution in [0.15, 0.2) is 62.5 Å². The third-order valence-electron chi connectivity index (χ3n) is 5.04. The van der Waals surface area contributed by atoms with E-state index in [1.807, 2.05) is 41.8 Å². The zero-order chi connectivity index (χ0) is 20.1. The van der Waals surface area contributed by atoms with Gasteiger partial charge in [0.1, 0.15) is 0 Å². The van der Waals surface area contributed by atoms with Crippen LogP contribution in [0.5, 0.6) is 0 Å². The van der Waals surface area contributed by atoms with E-state index in [-0.39, 0.29) is 6.54 Å². The fourth-order valence-corrected chi connectivity index (χ4v) is 6.26. The Bertz CT molecular complexity index is 1260. The Morgan fingerprint density at radius 3 is 2.50 bits per heavy atom. The van der Waals surface area contributed by atoms with Crippen molar-refractivity contribution in [2.45, 2.75) is 17.4 Å². The molecule has 3 heterocycles. The summed E-state index contributed by atoms with van der Waals surface area (Å²) in [5, 5.41) is 1.96. The summed E-state index contributed by atoms with van der Waals surface area (Å²) >= 11 is 1.61. The minimum atomic E-state index is -4.13. The van der Waals surface area contributed by atoms with Crippen molar-refractivity contribution in [3.05, 3.63) is 84.8 Å². The number of rotatable bonds is 3. The van der Waals surface area contributed by atoms with Gasteiger partial charge in [-0.2, -0.15) is 4.31 Å². The smallest absolute Gasteiger partial charge is 0.302 e. The number of fused-ring (bicyclic) bond motifs is 1. The molecule has 0 saturated heterocycles. The molecule has 1 aromatic carbocycles. The van der Waals surface area contributed by atoms with E-state index in [0.29, 0.717) is 6.42 Å². The molecule has 9 heteroatoms. The SMILES string of the molecule is Cn1cc(S(=O)(=O)N2CCc3sccc3[C@H]2c2ccccc2)c(=O)n(C)c1=O. The van der Waals surface area contributed by atoms with Gasteiger partial charge in [-0.05, 0) is 29.0 Å². The van der Waals surface area contributed by atoms with E-state index in [1.165, 1.54) is 18.4 Å². The van der Waals surface area contributed by atoms with Gasteiger partial charge in [-0.3, -0.25) is 9.36 Å². The number of nitrogens with zero attached hydrogens (tertiary/aromatic N) is 3. The maximum atomic E-state index is 13.5. The molecular weight excluding hydrogens is 398 g/mol. The number of aryl methyl sites for hydroxylation is 1. The van der Waals surface area contributed by atoms with Gasteiger partial charge >= 0.3 is 5.69 Å². The largest absolute Gasteiger partial charge is 0.330 e. The highest BCUT2D eigenvalue weighted by atomic mass is 32.2. The Balaban J connectivity index is 1.93. The van der Waals surface area contributed by atoms with Crippen LogP contribution in [-0.2, 0) is 30.5 Å². The lowest BCUT2D eigenvalue weighted by atomic mass is 9.95. The van der Waals surface area contributed by atoms with E-state index in [4.69, 9.17) is 0 Å². The monoisotopic (exact) mass is 417 g/mol. The van der Waals surface area contributed by atoms with Gasteiger partial charge in [-0.1, -0.05) is 30.3 Å². The van der Waals surface area contributed by atoms with Crippen LogP contribution in [0, 0.1) is 0 Å². The van der Waals surface area contributed by atoms with E-state index in [9.17, 15) is 18.0 Å². The topological polar surface area (TPSA) is 81.4 Å². The number of sulfonamides is 1. The van der Waals surface area contributed by atoms with Gasteiger partial charge in [0.2, 0.25) is 0 Å². The number of aromatic nitrogens is 2. The van der Waals surface area contributed by atoms with Crippen molar-refractivity contribution >= 4 is 21.4 Å². The number of hydrogen-bond donors (Lipinski definition) is 0. The summed E-state index contributed by atoms with van der Waals surface area (Å²) in [5.41, 5.74) is 0.396. The molecule has 0 spiro atoms. The molecule has 28 heavy (non-hydrogen) atoms. The summed E-state index contributed by atoms with van der Waals surface area (Å²) < 4.78 is 30.4. The Morgan fingerprint density at radius 1 is 1.07 bits per heavy atom. The minimum Gasteiger partial charge on any atom is -0.302 e. The summed E-state index contributed by atoms with van der Waals surface area (Å²) in [5.74, 6) is 0. The Hall–Kier alpha value is -2.49. The third kappa shape index (κ3) is 2.86. The van der Waals surface area contributed by atoms with Crippen molar-refractivity contribution in [2.75, 3.05) is 6.54 Å². The van der Waals surface area contributed by atoms with E-state index in [0.717, 1.165) is 31.3 Å². The van der Waals surface area contributed by atoms with Gasteiger partial charge in [0.05, 0.1) is 6.04 Å². The van der Waals surface area contributed by atoms with Crippen LogP contribution in [0.2, 0.25) is 0 Å². The van der Waals surface area contributed by atoms with Crippen LogP contribution in [0.1, 0.15) is 22.0 Å². The highest BCUT2D eigenvalue weighted by molar-refractivity contribution is 7.89. The molecule has 0 radical (unpaired) electrons. The molecule has 1 aliphatic heterocycles. The van der Waals surface area contributed by atoms with Gasteiger partial charge in [0, 0.05) is 31.7 Å². The maximum absolute atomic E-state index is 13.5. The molecule has 1 aliphatic rings. The highest BCUT2D eigenvalue weighted by Gasteiger charge is 2.39. The second kappa shape index (κ2) is 6.84. The number of thiophene rings is 1. The van der Waals surface area contributed by atoms with Gasteiger partial charge in [0.15, 0.2) is 4.90 Å². The minimum absolute atomic E-state index is 0.265. The van der Waals surface area contributed by atoms with E-state index >= 15 is 0 Å². The van der Waals surface area contributed by atoms with Crippen molar-refractivity contribution in [3.8, 4) is 0 Å². The van der Waals surface area contributed by atoms with E-state index < -0.39 is 32.2 Å². The van der Waals surface area contributed by atoms with Crippen LogP contribution >= 0.6 is 11.3 Å². The van der Waals surface area contributed by atoms with Gasteiger partial charge in [-0.25, -0.2) is 13.2 Å². The molecule has 0 fully saturated rings. The molecule has 4 rings (SSSR count). The molecule has 0 aliphatic carbocycles. The van der Waals surface area contributed by atoms with Crippen molar-refractivity contribution in [1.29, 1.82) is 0 Å². The number of benzene rings is 1. The lowest BCUT2D eigenvalue weighted by molar-refractivity contribution is 0.345. The summed E-state index contributed by atoms with van der Waals surface area (Å²) in [4.78, 5) is 25.3. The van der Waals surface area contributed by atoms with E-state index in [1.54, 1.807) is 11.3 Å². The molecule has 1 atom stereocenters. The Kier molecular flexibility index (Phi) is 4.60. The summed E-state index contributed by atoms with van der Waals surface area (Å²) in [6.07, 6.45) is 1.70. The molecule has 146 valence electrons. The first-order chi connectivity index (χ1) is 13.3. The molecule has 7 nitrogen and oxygen atoms in total. The summed E-state index contributed by atoms with van der Waals surface area (Å²) in [6.45, 7) is 0.265. The Labute approximate surface area is 166 Å². The van der Waals surface area contributed by atoms with E-state index in [2.05, 4.69) is 0 Å². The van der Waals surface area contributed by atoms with Crippen molar-refractivity contribution < 1.29 is 8.42 Å². The predicted molar refractivity (Wildman–Crippen MR) is 107 cm³/mol. The molecule has 0 saturated carbocycles. The maximum Gasteiger partial charge on any atom is 0.330 e. The molecule has 3 aromatic rings. The standard InChI is InChI=1S/C19H19N3O4S2/c1-20-12-16(18(23)21(2)19(20)24)28(25,26)22-10-8-15-14(9-11-27-15)17(22)13-6-4-3-5-7-13/h3-7,9,11-12,17H,8,10H2,1-2H3/t17-/m1/s1. The molecule has 2 aromatic heterocycles. The molecule has 0 unspecified atom stereocenters. The zero-order valence-corrected chi connectivity index (χ0v) is 17.0. The van der Waals surface area contributed by atoms with Gasteiger partial charge in [-0.15, -0.1) is 11.3 Å². The zero-order valence-electron chi connectivity index (χ0n) is 15.4. The molecule has 0 amide bonds. The first kappa shape index (κ1) is 18.9. The molecular formula is C19H19N3O4S2. The lowest BCUT2D eigenvalue weighted by Gasteiger charge is -2.35. The van der Waals surface area contributed by atoms with Crippen LogP contribution in [0.25, 0.3) is 0 Å². The van der Waals surface area contributed by atoms with Crippen molar-refractivity contribution in [1.82, 2.24) is 13.4 Å². The summed E-state index contributed by atoms with van der Waals surface area (Å²) in [6, 6.07) is 10.8. The van der Waals surface area contributed by atoms with Crippen LogP contribution < -0.4 is 11.2 Å². The van der Waals surface area contributed by atoms with Crippen LogP contribution in [-0.4, -0.2) is 28.4 Å². The molecule has 0 bridgehead atoms. The quantitative estimate of drug-likeness (QED) is 0.647. The fourth-order valence-electron chi connectivity index (χ4n) is 3.61. The molecule has 0 N–H and O–H groups in total. The second-order valence-electron chi connectivity index (χ2n) is 6.73. The van der Waals surface area contributed by atoms with Crippen molar-refractivity contribution in [3.63, 3.8) is 0 Å². The third-order valence-corrected chi connectivity index (χ3v) is 7.88. The first-order valence-corrected chi connectivity index (χ1v) is 11.0. The number of hydrogen-bond acceptors (Lipinski definition) is 5. The summed E-state index contributed by atoms with van der Waals surface area (Å²) in [7, 11) is -1.41.